The van der Waals surface area contributed by atoms with Gasteiger partial charge in [0.15, 0.2) is 0 Å². The molecule has 0 bridgehead atoms. The maximum atomic E-state index is 6.00. The number of nitrogens with two attached hydrogens (primary N) is 2. The van der Waals surface area contributed by atoms with Crippen molar-refractivity contribution in [2.24, 2.45) is 11.5 Å². The highest BCUT2D eigenvalue weighted by Crippen LogP contribution is 2.19. The maximum absolute atomic E-state index is 6.00. The second kappa shape index (κ2) is 8.34. The third-order valence-electron chi connectivity index (χ3n) is 2.93. The van der Waals surface area contributed by atoms with E-state index in [2.05, 4.69) is 43.0 Å². The summed E-state index contributed by atoms with van der Waals surface area (Å²) in [5.41, 5.74) is 13.9. The van der Waals surface area contributed by atoms with Crippen LogP contribution in [0.25, 0.3) is 0 Å². The van der Waals surface area contributed by atoms with E-state index in [1.807, 2.05) is 0 Å². The number of hydrogen-bond acceptors (Lipinski definition) is 3. The van der Waals surface area contributed by atoms with Crippen molar-refractivity contribution < 1.29 is 0 Å². The Labute approximate surface area is 111 Å². The van der Waals surface area contributed by atoms with E-state index in [1.54, 1.807) is 0 Å². The van der Waals surface area contributed by atoms with Crippen LogP contribution in [0.3, 0.4) is 0 Å². The Kier molecular flexibility index (Phi) is 7.96. The van der Waals surface area contributed by atoms with Gasteiger partial charge in [0.2, 0.25) is 0 Å². The third-order valence-corrected chi connectivity index (χ3v) is 2.93. The van der Waals surface area contributed by atoms with Crippen molar-refractivity contribution in [3.05, 3.63) is 29.8 Å². The first-order chi connectivity index (χ1) is 7.72. The molecule has 0 aliphatic carbocycles. The molecule has 0 spiro atoms. The van der Waals surface area contributed by atoms with Gasteiger partial charge in [-0.1, -0.05) is 12.1 Å². The zero-order chi connectivity index (χ0) is 12.0. The normalized spacial score (nSPS) is 11.8. The molecular weight excluding hydrogens is 234 g/mol. The van der Waals surface area contributed by atoms with Gasteiger partial charge in [0, 0.05) is 24.8 Å². The zero-order valence-electron chi connectivity index (χ0n) is 10.7. The lowest BCUT2D eigenvalue weighted by molar-refractivity contribution is 0.661. The van der Waals surface area contributed by atoms with Gasteiger partial charge in [-0.15, -0.1) is 12.4 Å². The third kappa shape index (κ3) is 4.54. The molecule has 0 unspecified atom stereocenters. The predicted molar refractivity (Wildman–Crippen MR) is 77.9 cm³/mol. The van der Waals surface area contributed by atoms with E-state index in [0.717, 1.165) is 19.5 Å². The summed E-state index contributed by atoms with van der Waals surface area (Å²) in [5, 5.41) is 0. The van der Waals surface area contributed by atoms with Gasteiger partial charge in [0.1, 0.15) is 0 Å². The summed E-state index contributed by atoms with van der Waals surface area (Å²) in [7, 11) is 0. The van der Waals surface area contributed by atoms with Gasteiger partial charge in [0.25, 0.3) is 0 Å². The molecule has 1 aromatic rings. The number of benzene rings is 1. The Hall–Kier alpha value is -0.770. The van der Waals surface area contributed by atoms with Gasteiger partial charge < -0.3 is 16.4 Å². The minimum absolute atomic E-state index is 0. The number of hydrogen-bond donors (Lipinski definition) is 2. The fourth-order valence-electron chi connectivity index (χ4n) is 1.87. The molecule has 0 aliphatic heterocycles. The number of nitrogens with zero attached hydrogens (tertiary/aromatic N) is 1. The average molecular weight is 258 g/mol. The number of rotatable bonds is 6. The van der Waals surface area contributed by atoms with Crippen molar-refractivity contribution in [1.29, 1.82) is 0 Å². The molecule has 1 atom stereocenters. The van der Waals surface area contributed by atoms with Crippen LogP contribution in [-0.4, -0.2) is 19.6 Å². The van der Waals surface area contributed by atoms with Crippen molar-refractivity contribution in [2.45, 2.75) is 26.3 Å². The number of halogens is 1. The molecule has 0 amide bonds. The van der Waals surface area contributed by atoms with Crippen LogP contribution < -0.4 is 16.4 Å². The van der Waals surface area contributed by atoms with E-state index in [-0.39, 0.29) is 18.4 Å². The molecule has 4 N–H and O–H groups in total. The van der Waals surface area contributed by atoms with Crippen LogP contribution in [-0.2, 0) is 0 Å². The van der Waals surface area contributed by atoms with E-state index in [9.17, 15) is 0 Å². The minimum Gasteiger partial charge on any atom is -0.372 e. The van der Waals surface area contributed by atoms with Crippen LogP contribution in [0, 0.1) is 0 Å². The smallest absolute Gasteiger partial charge is 0.0366 e. The largest absolute Gasteiger partial charge is 0.372 e. The molecule has 1 rings (SSSR count). The molecule has 4 heteroatoms. The fraction of sp³-hybridized carbons (Fsp3) is 0.538. The van der Waals surface area contributed by atoms with Gasteiger partial charge in [-0.05, 0) is 44.5 Å². The highest BCUT2D eigenvalue weighted by Gasteiger charge is 2.06. The molecule has 0 heterocycles. The second-order valence-corrected chi connectivity index (χ2v) is 3.95. The predicted octanol–water partition coefficient (Wildman–Crippen LogP) is 2.30. The van der Waals surface area contributed by atoms with Crippen molar-refractivity contribution in [1.82, 2.24) is 0 Å². The Bertz CT molecular complexity index is 296. The van der Waals surface area contributed by atoms with Crippen LogP contribution in [0.2, 0.25) is 0 Å². The summed E-state index contributed by atoms with van der Waals surface area (Å²) in [6.07, 6.45) is 0.838. The first-order valence-electron chi connectivity index (χ1n) is 6.03. The monoisotopic (exact) mass is 257 g/mol. The van der Waals surface area contributed by atoms with Gasteiger partial charge >= 0.3 is 0 Å². The molecule has 0 fully saturated rings. The van der Waals surface area contributed by atoms with Crippen LogP contribution in [0.4, 0.5) is 5.69 Å². The standard InChI is InChI=1S/C13H23N3.ClH/c1-3-16(4-2)12-7-5-11(6-8-12)13(15)9-10-14;/h5-8,13H,3-4,9-10,14-15H2,1-2H3;1H/t13-;/m1./s1. The molecule has 0 saturated carbocycles. The molecule has 17 heavy (non-hydrogen) atoms. The molecule has 0 aliphatic rings. The second-order valence-electron chi connectivity index (χ2n) is 3.95. The Morgan fingerprint density at radius 2 is 1.65 bits per heavy atom. The Morgan fingerprint density at radius 3 is 2.06 bits per heavy atom. The van der Waals surface area contributed by atoms with Crippen molar-refractivity contribution in [3.8, 4) is 0 Å². The van der Waals surface area contributed by atoms with Crippen molar-refractivity contribution in [3.63, 3.8) is 0 Å². The minimum atomic E-state index is 0. The molecular formula is C13H24ClN3. The van der Waals surface area contributed by atoms with Crippen LogP contribution in [0.1, 0.15) is 31.9 Å². The summed E-state index contributed by atoms with van der Waals surface area (Å²) in [6.45, 7) is 7.03. The summed E-state index contributed by atoms with van der Waals surface area (Å²) < 4.78 is 0. The van der Waals surface area contributed by atoms with E-state index in [4.69, 9.17) is 11.5 Å². The maximum Gasteiger partial charge on any atom is 0.0366 e. The lowest BCUT2D eigenvalue weighted by Crippen LogP contribution is -2.22. The van der Waals surface area contributed by atoms with E-state index in [0.29, 0.717) is 6.54 Å². The average Bonchev–Trinajstić information content (AvgIpc) is 2.32. The summed E-state index contributed by atoms with van der Waals surface area (Å²) >= 11 is 0. The molecule has 3 nitrogen and oxygen atoms in total. The zero-order valence-corrected chi connectivity index (χ0v) is 11.5. The topological polar surface area (TPSA) is 55.3 Å². The summed E-state index contributed by atoms with van der Waals surface area (Å²) in [5.74, 6) is 0. The SMILES string of the molecule is CCN(CC)c1ccc([C@H](N)CCN)cc1.Cl. The van der Waals surface area contributed by atoms with Gasteiger partial charge in [-0.2, -0.15) is 0 Å². The fourth-order valence-corrected chi connectivity index (χ4v) is 1.87. The highest BCUT2D eigenvalue weighted by molar-refractivity contribution is 5.85. The Balaban J connectivity index is 0.00000256. The summed E-state index contributed by atoms with van der Waals surface area (Å²) in [6, 6.07) is 8.55. The van der Waals surface area contributed by atoms with Crippen LogP contribution >= 0.6 is 12.4 Å². The van der Waals surface area contributed by atoms with E-state index < -0.39 is 0 Å². The van der Waals surface area contributed by atoms with Crippen LogP contribution in [0.5, 0.6) is 0 Å². The van der Waals surface area contributed by atoms with E-state index in [1.165, 1.54) is 11.3 Å². The molecule has 0 aromatic heterocycles. The first kappa shape index (κ1) is 16.2. The lowest BCUT2D eigenvalue weighted by atomic mass is 10.0. The molecule has 0 radical (unpaired) electrons. The quantitative estimate of drug-likeness (QED) is 0.822. The highest BCUT2D eigenvalue weighted by atomic mass is 35.5. The number of anilines is 1. The summed E-state index contributed by atoms with van der Waals surface area (Å²) in [4.78, 5) is 2.32. The lowest BCUT2D eigenvalue weighted by Gasteiger charge is -2.21. The van der Waals surface area contributed by atoms with Crippen molar-refractivity contribution >= 4 is 18.1 Å². The first-order valence-corrected chi connectivity index (χ1v) is 6.03. The molecule has 98 valence electrons. The molecule has 1 aromatic carbocycles. The molecule has 0 saturated heterocycles. The van der Waals surface area contributed by atoms with Crippen molar-refractivity contribution in [2.75, 3.05) is 24.5 Å². The van der Waals surface area contributed by atoms with Gasteiger partial charge in [-0.25, -0.2) is 0 Å². The van der Waals surface area contributed by atoms with Gasteiger partial charge in [-0.3, -0.25) is 0 Å². The van der Waals surface area contributed by atoms with Gasteiger partial charge in [0.05, 0.1) is 0 Å². The van der Waals surface area contributed by atoms with Crippen LogP contribution in [0.15, 0.2) is 24.3 Å². The van der Waals surface area contributed by atoms with E-state index >= 15 is 0 Å². The Morgan fingerprint density at radius 1 is 1.12 bits per heavy atom.